The van der Waals surface area contributed by atoms with Crippen molar-refractivity contribution >= 4 is 17.2 Å². The molecule has 18 heavy (non-hydrogen) atoms. The van der Waals surface area contributed by atoms with Crippen LogP contribution in [0.5, 0.6) is 0 Å². The predicted molar refractivity (Wildman–Crippen MR) is 74.1 cm³/mol. The van der Waals surface area contributed by atoms with Crippen molar-refractivity contribution in [1.29, 1.82) is 0 Å². The first-order valence-corrected chi connectivity index (χ1v) is 6.95. The molecule has 1 heterocycles. The van der Waals surface area contributed by atoms with E-state index >= 15 is 0 Å². The molecule has 1 aromatic heterocycles. The summed E-state index contributed by atoms with van der Waals surface area (Å²) in [6, 6.07) is 0. The molecule has 1 aromatic rings. The summed E-state index contributed by atoms with van der Waals surface area (Å²) >= 11 is 1.18. The number of carbonyl (C=O) groups is 1. The van der Waals surface area contributed by atoms with Crippen molar-refractivity contribution in [2.24, 2.45) is 0 Å². The van der Waals surface area contributed by atoms with Crippen LogP contribution in [0.15, 0.2) is 10.2 Å². The molecule has 0 radical (unpaired) electrons. The Labute approximate surface area is 111 Å². The summed E-state index contributed by atoms with van der Waals surface area (Å²) in [4.78, 5) is 25.1. The average molecular weight is 271 g/mol. The fourth-order valence-electron chi connectivity index (χ4n) is 1.60. The van der Waals surface area contributed by atoms with Crippen molar-refractivity contribution in [1.82, 2.24) is 14.8 Å². The Balaban J connectivity index is 2.23. The lowest BCUT2D eigenvalue weighted by atomic mass is 10.3. The fraction of sp³-hybridized carbons (Fsp3) is 0.667. The maximum Gasteiger partial charge on any atom is 0.307 e. The van der Waals surface area contributed by atoms with Crippen molar-refractivity contribution in [3.05, 3.63) is 20.7 Å². The minimum absolute atomic E-state index is 0.00579. The first-order valence-electron chi connectivity index (χ1n) is 6.07. The zero-order chi connectivity index (χ0) is 13.5. The molecule has 0 aromatic carbocycles. The Kier molecular flexibility index (Phi) is 6.07. The van der Waals surface area contributed by atoms with Gasteiger partial charge in [-0.3, -0.25) is 9.59 Å². The maximum atomic E-state index is 11.6. The summed E-state index contributed by atoms with van der Waals surface area (Å²) in [5.41, 5.74) is 0.922. The number of nitrogens with one attached hydrogen (secondary N) is 1. The highest BCUT2D eigenvalue weighted by Crippen LogP contribution is 2.00. The van der Waals surface area contributed by atoms with Crippen molar-refractivity contribution in [3.63, 3.8) is 0 Å². The molecule has 1 N–H and O–H groups in total. The smallest absolute Gasteiger partial charge is 0.307 e. The van der Waals surface area contributed by atoms with Crippen LogP contribution in [0.1, 0.15) is 18.5 Å². The molecule has 0 atom stereocenters. The van der Waals surface area contributed by atoms with Crippen LogP contribution in [0.2, 0.25) is 0 Å². The van der Waals surface area contributed by atoms with Gasteiger partial charge in [0.15, 0.2) is 0 Å². The first-order chi connectivity index (χ1) is 8.50. The number of amides is 1. The van der Waals surface area contributed by atoms with Gasteiger partial charge in [-0.05, 0) is 34.0 Å². The molecule has 0 aliphatic heterocycles. The summed E-state index contributed by atoms with van der Waals surface area (Å²) in [7, 11) is 4.02. The molecule has 102 valence electrons. The van der Waals surface area contributed by atoms with Crippen LogP contribution in [0.3, 0.4) is 0 Å². The maximum absolute atomic E-state index is 11.6. The highest BCUT2D eigenvalue weighted by atomic mass is 32.1. The monoisotopic (exact) mass is 271 g/mol. The summed E-state index contributed by atoms with van der Waals surface area (Å²) in [5, 5.41) is 4.68. The van der Waals surface area contributed by atoms with Gasteiger partial charge in [-0.1, -0.05) is 11.3 Å². The van der Waals surface area contributed by atoms with E-state index in [2.05, 4.69) is 10.2 Å². The quantitative estimate of drug-likeness (QED) is 0.742. The van der Waals surface area contributed by atoms with Gasteiger partial charge in [0.2, 0.25) is 5.91 Å². The van der Waals surface area contributed by atoms with E-state index in [1.807, 2.05) is 26.4 Å². The molecule has 5 nitrogen and oxygen atoms in total. The summed E-state index contributed by atoms with van der Waals surface area (Å²) < 4.78 is 1.64. The van der Waals surface area contributed by atoms with Crippen LogP contribution in [0, 0.1) is 6.92 Å². The third-order valence-corrected chi connectivity index (χ3v) is 3.52. The number of aryl methyl sites for hydroxylation is 1. The van der Waals surface area contributed by atoms with Crippen molar-refractivity contribution in [2.75, 3.05) is 27.2 Å². The second-order valence-electron chi connectivity index (χ2n) is 4.55. The van der Waals surface area contributed by atoms with Gasteiger partial charge in [0.1, 0.15) is 0 Å². The van der Waals surface area contributed by atoms with Crippen LogP contribution in [-0.4, -0.2) is 42.6 Å². The summed E-state index contributed by atoms with van der Waals surface area (Å²) in [6.07, 6.45) is 1.30. The molecular formula is C12H21N3O2S. The highest BCUT2D eigenvalue weighted by molar-refractivity contribution is 7.07. The Bertz CT molecular complexity index is 437. The Morgan fingerprint density at radius 2 is 2.22 bits per heavy atom. The molecule has 0 aliphatic carbocycles. The molecule has 1 rings (SSSR count). The van der Waals surface area contributed by atoms with E-state index in [0.717, 1.165) is 18.7 Å². The molecule has 0 bridgehead atoms. The van der Waals surface area contributed by atoms with Gasteiger partial charge in [-0.25, -0.2) is 0 Å². The molecule has 0 saturated carbocycles. The standard InChI is InChI=1S/C12H21N3O2S/c1-10-9-18-12(17)15(10)8-5-11(16)13-6-4-7-14(2)3/h9H,4-8H2,1-3H3,(H,13,16). The van der Waals surface area contributed by atoms with E-state index in [0.29, 0.717) is 19.5 Å². The fourth-order valence-corrected chi connectivity index (χ4v) is 2.36. The summed E-state index contributed by atoms with van der Waals surface area (Å²) in [6.45, 7) is 4.00. The van der Waals surface area contributed by atoms with Crippen LogP contribution < -0.4 is 10.2 Å². The van der Waals surface area contributed by atoms with Gasteiger partial charge < -0.3 is 14.8 Å². The average Bonchev–Trinajstić information content (AvgIpc) is 2.62. The number of nitrogens with zero attached hydrogens (tertiary/aromatic N) is 2. The molecule has 1 amide bonds. The van der Waals surface area contributed by atoms with Gasteiger partial charge in [0.05, 0.1) is 0 Å². The van der Waals surface area contributed by atoms with Gasteiger partial charge >= 0.3 is 4.87 Å². The molecule has 6 heteroatoms. The lowest BCUT2D eigenvalue weighted by Crippen LogP contribution is -2.28. The van der Waals surface area contributed by atoms with Crippen LogP contribution >= 0.6 is 11.3 Å². The predicted octanol–water partition coefficient (Wildman–Crippen LogP) is 0.676. The first kappa shape index (κ1) is 14.9. The minimum atomic E-state index is 0.00579. The molecule has 0 fully saturated rings. The highest BCUT2D eigenvalue weighted by Gasteiger charge is 2.05. The molecule has 0 spiro atoms. The lowest BCUT2D eigenvalue weighted by molar-refractivity contribution is -0.121. The minimum Gasteiger partial charge on any atom is -0.356 e. The van der Waals surface area contributed by atoms with E-state index in [4.69, 9.17) is 0 Å². The van der Waals surface area contributed by atoms with Gasteiger partial charge in [0, 0.05) is 30.6 Å². The van der Waals surface area contributed by atoms with Gasteiger partial charge in [0.25, 0.3) is 0 Å². The van der Waals surface area contributed by atoms with Crippen LogP contribution in [0.25, 0.3) is 0 Å². The number of hydrogen-bond donors (Lipinski definition) is 1. The Morgan fingerprint density at radius 1 is 1.50 bits per heavy atom. The normalized spacial score (nSPS) is 10.9. The van der Waals surface area contributed by atoms with Gasteiger partial charge in [-0.15, -0.1) is 0 Å². The number of carbonyl (C=O) groups excluding carboxylic acids is 1. The number of thiazole rings is 1. The van der Waals surface area contributed by atoms with E-state index < -0.39 is 0 Å². The second-order valence-corrected chi connectivity index (χ2v) is 5.37. The van der Waals surface area contributed by atoms with Crippen LogP contribution in [0.4, 0.5) is 0 Å². The van der Waals surface area contributed by atoms with Crippen molar-refractivity contribution < 1.29 is 4.79 Å². The van der Waals surface area contributed by atoms with E-state index in [1.165, 1.54) is 11.3 Å². The van der Waals surface area contributed by atoms with E-state index in [1.54, 1.807) is 4.57 Å². The molecular weight excluding hydrogens is 250 g/mol. The number of aromatic nitrogens is 1. The molecule has 0 saturated heterocycles. The van der Waals surface area contributed by atoms with Crippen molar-refractivity contribution in [3.8, 4) is 0 Å². The second kappa shape index (κ2) is 7.33. The topological polar surface area (TPSA) is 54.3 Å². The Morgan fingerprint density at radius 3 is 2.78 bits per heavy atom. The third kappa shape index (κ3) is 5.01. The molecule has 0 unspecified atom stereocenters. The summed E-state index contributed by atoms with van der Waals surface area (Å²) in [5.74, 6) is 0.00579. The Hall–Kier alpha value is -1.14. The zero-order valence-corrected chi connectivity index (χ0v) is 12.0. The van der Waals surface area contributed by atoms with E-state index in [-0.39, 0.29) is 10.8 Å². The lowest BCUT2D eigenvalue weighted by Gasteiger charge is -2.10. The molecule has 0 aliphatic rings. The zero-order valence-electron chi connectivity index (χ0n) is 11.2. The largest absolute Gasteiger partial charge is 0.356 e. The van der Waals surface area contributed by atoms with Crippen molar-refractivity contribution in [2.45, 2.75) is 26.3 Å². The van der Waals surface area contributed by atoms with E-state index in [9.17, 15) is 9.59 Å². The van der Waals surface area contributed by atoms with Crippen LogP contribution in [-0.2, 0) is 11.3 Å². The SMILES string of the molecule is Cc1csc(=O)n1CCC(=O)NCCCN(C)C. The van der Waals surface area contributed by atoms with Gasteiger partial charge in [-0.2, -0.15) is 0 Å². The third-order valence-electron chi connectivity index (χ3n) is 2.64. The number of hydrogen-bond acceptors (Lipinski definition) is 4. The number of rotatable bonds is 7.